The molecule has 0 saturated carbocycles. The van der Waals surface area contributed by atoms with Crippen LogP contribution in [0.1, 0.15) is 32.3 Å². The van der Waals surface area contributed by atoms with Crippen LogP contribution in [0.5, 0.6) is 0 Å². The summed E-state index contributed by atoms with van der Waals surface area (Å²) in [5, 5.41) is 2.58. The van der Waals surface area contributed by atoms with Crippen LogP contribution in [-0.2, 0) is 0 Å². The van der Waals surface area contributed by atoms with E-state index in [1.54, 1.807) is 0 Å². The monoisotopic (exact) mass is 633 g/mol. The molecule has 0 atom stereocenters. The number of para-hydroxylation sites is 3. The van der Waals surface area contributed by atoms with E-state index >= 15 is 0 Å². The molecule has 238 valence electrons. The highest BCUT2D eigenvalue weighted by Crippen LogP contribution is 2.40. The maximum absolute atomic E-state index is 5.28. The van der Waals surface area contributed by atoms with Crippen molar-refractivity contribution >= 4 is 44.7 Å². The molecule has 0 unspecified atom stereocenters. The predicted octanol–water partition coefficient (Wildman–Crippen LogP) is 12.6. The van der Waals surface area contributed by atoms with Gasteiger partial charge in [-0.3, -0.25) is 0 Å². The average molecular weight is 634 g/mol. The van der Waals surface area contributed by atoms with Crippen LogP contribution in [0.25, 0.3) is 49.8 Å². The number of aliphatic imine (C=N–C) groups is 1. The number of hydrogen-bond donors (Lipinski definition) is 0. The van der Waals surface area contributed by atoms with Gasteiger partial charge in [0.2, 0.25) is 0 Å². The van der Waals surface area contributed by atoms with E-state index in [1.165, 1.54) is 61.0 Å². The van der Waals surface area contributed by atoms with Gasteiger partial charge in [-0.2, -0.15) is 0 Å². The van der Waals surface area contributed by atoms with Crippen LogP contribution in [0.3, 0.4) is 0 Å². The van der Waals surface area contributed by atoms with E-state index in [-0.39, 0.29) is 0 Å². The van der Waals surface area contributed by atoms with Gasteiger partial charge in [0.05, 0.1) is 16.7 Å². The number of nitrogens with zero attached hydrogens (tertiary/aromatic N) is 3. The number of allylic oxidation sites excluding steroid dienone is 4. The van der Waals surface area contributed by atoms with Crippen molar-refractivity contribution in [3.8, 4) is 22.3 Å². The van der Waals surface area contributed by atoms with E-state index < -0.39 is 0 Å². The fourth-order valence-corrected chi connectivity index (χ4v) is 7.33. The molecule has 3 nitrogen and oxygen atoms in total. The number of rotatable bonds is 6. The highest BCUT2D eigenvalue weighted by molar-refractivity contribution is 6.10. The number of hydrogen-bond acceptors (Lipinski definition) is 1. The fraction of sp³-hybridized carbons (Fsp3) is 0.109. The van der Waals surface area contributed by atoms with E-state index in [0.717, 1.165) is 35.6 Å². The molecule has 0 bridgehead atoms. The van der Waals surface area contributed by atoms with Crippen molar-refractivity contribution in [3.63, 3.8) is 0 Å². The van der Waals surface area contributed by atoms with Crippen molar-refractivity contribution in [3.05, 3.63) is 175 Å². The highest BCUT2D eigenvalue weighted by Gasteiger charge is 2.24. The zero-order valence-electron chi connectivity index (χ0n) is 28.3. The van der Waals surface area contributed by atoms with Crippen LogP contribution in [0.15, 0.2) is 174 Å². The summed E-state index contributed by atoms with van der Waals surface area (Å²) in [5.74, 6) is 0.946. The molecule has 1 aliphatic carbocycles. The van der Waals surface area contributed by atoms with Crippen LogP contribution in [0.2, 0.25) is 0 Å². The van der Waals surface area contributed by atoms with Crippen molar-refractivity contribution in [2.45, 2.75) is 33.6 Å². The Morgan fingerprint density at radius 2 is 1.10 bits per heavy atom. The molecule has 6 aromatic carbocycles. The normalized spacial score (nSPS) is 13.6. The standard InChI is InChI=1S/C46H39N3/c1-32-16-10-13-23-43(32)47-34(3)48(40-30-37(35-17-6-4-7-18-35)29-38(31-40)36-19-8-5-9-20-36)44-27-26-39(28-33(44)2)49-45-24-14-11-21-41(45)42-22-12-15-25-46(42)49/h4-25,28-31H,26-27H2,1-3H3. The molecule has 0 saturated heterocycles. The Balaban J connectivity index is 1.33. The molecule has 0 fully saturated rings. The third-order valence-corrected chi connectivity index (χ3v) is 9.70. The number of aryl methyl sites for hydroxylation is 1. The molecule has 1 heterocycles. The Hall–Kier alpha value is -5.93. The summed E-state index contributed by atoms with van der Waals surface area (Å²) in [6.45, 7) is 6.54. The predicted molar refractivity (Wildman–Crippen MR) is 209 cm³/mol. The van der Waals surface area contributed by atoms with Crippen LogP contribution >= 0.6 is 0 Å². The molecular weight excluding hydrogens is 595 g/mol. The second kappa shape index (κ2) is 12.9. The molecule has 0 radical (unpaired) electrons. The van der Waals surface area contributed by atoms with Crippen molar-refractivity contribution < 1.29 is 0 Å². The SMILES string of the molecule is CC(=Nc1ccccc1C)N(C1=C(C)C=C(n2c3ccccc3c3ccccc32)CC1)c1cc(-c2ccccc2)cc(-c2ccccc2)c1. The lowest BCUT2D eigenvalue weighted by Gasteiger charge is -2.32. The third-order valence-electron chi connectivity index (χ3n) is 9.70. The number of anilines is 1. The van der Waals surface area contributed by atoms with Crippen LogP contribution in [0, 0.1) is 6.92 Å². The fourth-order valence-electron chi connectivity index (χ4n) is 7.33. The largest absolute Gasteiger partial charge is 0.313 e. The first-order valence-electron chi connectivity index (χ1n) is 17.1. The second-order valence-electron chi connectivity index (χ2n) is 12.9. The minimum atomic E-state index is 0.884. The van der Waals surface area contributed by atoms with Crippen LogP contribution in [-0.4, -0.2) is 10.4 Å². The molecule has 49 heavy (non-hydrogen) atoms. The second-order valence-corrected chi connectivity index (χ2v) is 12.9. The number of aromatic nitrogens is 1. The molecule has 8 rings (SSSR count). The smallest absolute Gasteiger partial charge is 0.110 e. The first-order chi connectivity index (χ1) is 24.0. The van der Waals surface area contributed by atoms with Gasteiger partial charge in [-0.1, -0.05) is 115 Å². The molecule has 1 aromatic heterocycles. The average Bonchev–Trinajstić information content (AvgIpc) is 3.48. The van der Waals surface area contributed by atoms with E-state index in [2.05, 4.69) is 188 Å². The van der Waals surface area contributed by atoms with E-state index in [0.29, 0.717) is 0 Å². The minimum absolute atomic E-state index is 0.884. The summed E-state index contributed by atoms with van der Waals surface area (Å²) in [4.78, 5) is 7.69. The molecule has 3 heteroatoms. The molecule has 7 aromatic rings. The Labute approximate surface area is 288 Å². The summed E-state index contributed by atoms with van der Waals surface area (Å²) < 4.78 is 2.47. The molecule has 1 aliphatic rings. The van der Waals surface area contributed by atoms with Gasteiger partial charge < -0.3 is 9.47 Å². The van der Waals surface area contributed by atoms with Gasteiger partial charge in [0.15, 0.2) is 0 Å². The Bertz CT molecular complexity index is 2300. The summed E-state index contributed by atoms with van der Waals surface area (Å²) in [6.07, 6.45) is 4.19. The molecule has 0 spiro atoms. The van der Waals surface area contributed by atoms with Crippen LogP contribution < -0.4 is 4.90 Å². The minimum Gasteiger partial charge on any atom is -0.313 e. The maximum atomic E-state index is 5.28. The zero-order valence-corrected chi connectivity index (χ0v) is 28.3. The topological polar surface area (TPSA) is 20.5 Å². The molecule has 0 N–H and O–H groups in total. The van der Waals surface area contributed by atoms with Gasteiger partial charge in [0.25, 0.3) is 0 Å². The van der Waals surface area contributed by atoms with Crippen molar-refractivity contribution in [2.75, 3.05) is 4.90 Å². The zero-order chi connectivity index (χ0) is 33.3. The van der Waals surface area contributed by atoms with Gasteiger partial charge in [0.1, 0.15) is 5.84 Å². The lowest BCUT2D eigenvalue weighted by atomic mass is 9.95. The summed E-state index contributed by atoms with van der Waals surface area (Å²) in [5.41, 5.74) is 14.3. The van der Waals surface area contributed by atoms with Gasteiger partial charge in [-0.15, -0.1) is 0 Å². The Morgan fingerprint density at radius 1 is 0.571 bits per heavy atom. The van der Waals surface area contributed by atoms with Crippen molar-refractivity contribution in [1.29, 1.82) is 0 Å². The van der Waals surface area contributed by atoms with Gasteiger partial charge in [0, 0.05) is 27.9 Å². The van der Waals surface area contributed by atoms with E-state index in [1.807, 2.05) is 0 Å². The van der Waals surface area contributed by atoms with E-state index in [4.69, 9.17) is 4.99 Å². The maximum Gasteiger partial charge on any atom is 0.110 e. The lowest BCUT2D eigenvalue weighted by Crippen LogP contribution is -2.30. The number of benzene rings is 6. The Kier molecular flexibility index (Phi) is 8.03. The molecule has 0 aliphatic heterocycles. The molecule has 0 amide bonds. The molecular formula is C46H39N3. The van der Waals surface area contributed by atoms with E-state index in [9.17, 15) is 0 Å². The summed E-state index contributed by atoms with van der Waals surface area (Å²) in [7, 11) is 0. The Morgan fingerprint density at radius 3 is 1.67 bits per heavy atom. The first kappa shape index (κ1) is 30.4. The lowest BCUT2D eigenvalue weighted by molar-refractivity contribution is 0.883. The first-order valence-corrected chi connectivity index (χ1v) is 17.1. The van der Waals surface area contributed by atoms with Gasteiger partial charge in [-0.05, 0) is 109 Å². The van der Waals surface area contributed by atoms with Gasteiger partial charge in [-0.25, -0.2) is 4.99 Å². The highest BCUT2D eigenvalue weighted by atomic mass is 15.2. The summed E-state index contributed by atoms with van der Waals surface area (Å²) in [6, 6.07) is 54.3. The number of amidine groups is 1. The van der Waals surface area contributed by atoms with Crippen molar-refractivity contribution in [1.82, 2.24) is 4.57 Å². The third kappa shape index (κ3) is 5.78. The van der Waals surface area contributed by atoms with Crippen molar-refractivity contribution in [2.24, 2.45) is 4.99 Å². The number of fused-ring (bicyclic) bond motifs is 3. The quantitative estimate of drug-likeness (QED) is 0.132. The van der Waals surface area contributed by atoms with Crippen LogP contribution in [0.4, 0.5) is 11.4 Å². The van der Waals surface area contributed by atoms with Gasteiger partial charge >= 0.3 is 0 Å². The summed E-state index contributed by atoms with van der Waals surface area (Å²) >= 11 is 0.